The van der Waals surface area contributed by atoms with E-state index < -0.39 is 0 Å². The van der Waals surface area contributed by atoms with Crippen LogP contribution in [-0.4, -0.2) is 64.6 Å². The van der Waals surface area contributed by atoms with E-state index in [2.05, 4.69) is 24.1 Å². The molecule has 1 N–H and O–H groups in total. The van der Waals surface area contributed by atoms with Gasteiger partial charge >= 0.3 is 0 Å². The highest BCUT2D eigenvalue weighted by atomic mass is 16.5. The third kappa shape index (κ3) is 12.9. The Morgan fingerprint density at radius 3 is 2.35 bits per heavy atom. The van der Waals surface area contributed by atoms with Crippen molar-refractivity contribution in [3.05, 3.63) is 0 Å². The van der Waals surface area contributed by atoms with Crippen molar-refractivity contribution in [1.29, 1.82) is 0 Å². The molecule has 0 aliphatic heterocycles. The lowest BCUT2D eigenvalue weighted by atomic mass is 10.1. The van der Waals surface area contributed by atoms with Crippen molar-refractivity contribution >= 4 is 0 Å². The van der Waals surface area contributed by atoms with Gasteiger partial charge in [-0.1, -0.05) is 26.2 Å². The molecular weight excluding hydrogens is 252 g/mol. The maximum absolute atomic E-state index is 5.18. The van der Waals surface area contributed by atoms with Gasteiger partial charge < -0.3 is 14.8 Å². The van der Waals surface area contributed by atoms with Gasteiger partial charge in [-0.2, -0.15) is 0 Å². The van der Waals surface area contributed by atoms with Gasteiger partial charge in [0.1, 0.15) is 0 Å². The molecule has 0 radical (unpaired) electrons. The van der Waals surface area contributed by atoms with Crippen molar-refractivity contribution in [1.82, 2.24) is 10.2 Å². The Morgan fingerprint density at radius 2 is 1.70 bits per heavy atom. The van der Waals surface area contributed by atoms with E-state index in [1.807, 2.05) is 0 Å². The molecule has 0 bridgehead atoms. The molecule has 0 fully saturated rings. The van der Waals surface area contributed by atoms with Gasteiger partial charge in [-0.05, 0) is 19.8 Å². The Morgan fingerprint density at radius 1 is 0.950 bits per heavy atom. The van der Waals surface area contributed by atoms with Crippen LogP contribution >= 0.6 is 0 Å². The largest absolute Gasteiger partial charge is 0.385 e. The topological polar surface area (TPSA) is 33.7 Å². The van der Waals surface area contributed by atoms with E-state index in [1.165, 1.54) is 25.7 Å². The van der Waals surface area contributed by atoms with Crippen LogP contribution in [0.2, 0.25) is 0 Å². The molecular formula is C16H36N2O2. The van der Waals surface area contributed by atoms with Crippen LogP contribution in [0.15, 0.2) is 0 Å². The Kier molecular flexibility index (Phi) is 15.1. The number of ether oxygens (including phenoxy) is 2. The lowest BCUT2D eigenvalue weighted by Gasteiger charge is -2.23. The van der Waals surface area contributed by atoms with E-state index >= 15 is 0 Å². The van der Waals surface area contributed by atoms with Crippen LogP contribution < -0.4 is 5.32 Å². The van der Waals surface area contributed by atoms with Gasteiger partial charge in [0.15, 0.2) is 0 Å². The fourth-order valence-corrected chi connectivity index (χ4v) is 2.26. The fraction of sp³-hybridized carbons (Fsp3) is 1.00. The van der Waals surface area contributed by atoms with E-state index in [0.717, 1.165) is 45.8 Å². The average Bonchev–Trinajstić information content (AvgIpc) is 2.44. The molecule has 0 aliphatic rings. The Balaban J connectivity index is 3.69. The Bertz CT molecular complexity index is 191. The van der Waals surface area contributed by atoms with Crippen molar-refractivity contribution < 1.29 is 9.47 Å². The molecule has 0 saturated carbocycles. The summed E-state index contributed by atoms with van der Waals surface area (Å²) >= 11 is 0. The van der Waals surface area contributed by atoms with Gasteiger partial charge in [-0.15, -0.1) is 0 Å². The van der Waals surface area contributed by atoms with Crippen LogP contribution in [0.25, 0.3) is 0 Å². The first kappa shape index (κ1) is 19.8. The zero-order valence-electron chi connectivity index (χ0n) is 14.1. The molecule has 122 valence electrons. The number of methoxy groups -OCH3 is 2. The van der Waals surface area contributed by atoms with Crippen molar-refractivity contribution in [2.45, 2.75) is 52.0 Å². The summed E-state index contributed by atoms with van der Waals surface area (Å²) in [4.78, 5) is 2.45. The molecule has 0 aromatic rings. The van der Waals surface area contributed by atoms with Crippen LogP contribution in [0.5, 0.6) is 0 Å². The van der Waals surface area contributed by atoms with E-state index in [4.69, 9.17) is 9.47 Å². The zero-order chi connectivity index (χ0) is 15.1. The number of rotatable bonds is 15. The first-order valence-electron chi connectivity index (χ1n) is 8.18. The van der Waals surface area contributed by atoms with Gasteiger partial charge in [0, 0.05) is 53.0 Å². The smallest absolute Gasteiger partial charge is 0.0589 e. The first-order valence-corrected chi connectivity index (χ1v) is 8.18. The first-order chi connectivity index (χ1) is 9.74. The number of nitrogens with zero attached hydrogens (tertiary/aromatic N) is 1. The SMILES string of the molecule is CCCCCC(C)NCCN(CCCOC)CCOC. The quantitative estimate of drug-likeness (QED) is 0.470. The van der Waals surface area contributed by atoms with Gasteiger partial charge in [0.2, 0.25) is 0 Å². The maximum atomic E-state index is 5.18. The van der Waals surface area contributed by atoms with E-state index in [1.54, 1.807) is 14.2 Å². The molecule has 0 saturated heterocycles. The van der Waals surface area contributed by atoms with Crippen LogP contribution in [0.3, 0.4) is 0 Å². The van der Waals surface area contributed by atoms with Gasteiger partial charge in [-0.25, -0.2) is 0 Å². The van der Waals surface area contributed by atoms with Crippen molar-refractivity contribution in [2.75, 3.05) is 53.6 Å². The summed E-state index contributed by atoms with van der Waals surface area (Å²) in [5.41, 5.74) is 0. The van der Waals surface area contributed by atoms with E-state index in [-0.39, 0.29) is 0 Å². The minimum absolute atomic E-state index is 0.629. The second-order valence-corrected chi connectivity index (χ2v) is 5.53. The van der Waals surface area contributed by atoms with Crippen molar-refractivity contribution in [2.24, 2.45) is 0 Å². The second-order valence-electron chi connectivity index (χ2n) is 5.53. The molecule has 0 spiro atoms. The molecule has 4 nitrogen and oxygen atoms in total. The summed E-state index contributed by atoms with van der Waals surface area (Å²) in [6, 6.07) is 0.629. The number of hydrogen-bond acceptors (Lipinski definition) is 4. The Hall–Kier alpha value is -0.160. The van der Waals surface area contributed by atoms with Crippen LogP contribution in [0.1, 0.15) is 46.0 Å². The van der Waals surface area contributed by atoms with Gasteiger partial charge in [-0.3, -0.25) is 4.90 Å². The molecule has 0 aromatic carbocycles. The summed E-state index contributed by atoms with van der Waals surface area (Å²) < 4.78 is 10.3. The third-order valence-corrected chi connectivity index (χ3v) is 3.60. The summed E-state index contributed by atoms with van der Waals surface area (Å²) in [5, 5.41) is 3.63. The lowest BCUT2D eigenvalue weighted by molar-refractivity contribution is 0.132. The number of unbranched alkanes of at least 4 members (excludes halogenated alkanes) is 2. The molecule has 0 amide bonds. The summed E-state index contributed by atoms with van der Waals surface area (Å²) in [7, 11) is 3.53. The normalized spacial score (nSPS) is 13.1. The molecule has 4 heteroatoms. The molecule has 0 heterocycles. The van der Waals surface area contributed by atoms with Gasteiger partial charge in [0.05, 0.1) is 6.61 Å². The van der Waals surface area contributed by atoms with Gasteiger partial charge in [0.25, 0.3) is 0 Å². The molecule has 1 atom stereocenters. The predicted octanol–water partition coefficient (Wildman–Crippen LogP) is 2.53. The maximum Gasteiger partial charge on any atom is 0.0589 e. The summed E-state index contributed by atoms with van der Waals surface area (Å²) in [6.07, 6.45) is 6.37. The molecule has 1 unspecified atom stereocenters. The van der Waals surface area contributed by atoms with Crippen molar-refractivity contribution in [3.8, 4) is 0 Å². The lowest BCUT2D eigenvalue weighted by Crippen LogP contribution is -2.38. The highest BCUT2D eigenvalue weighted by Gasteiger charge is 2.06. The number of nitrogens with one attached hydrogen (secondary N) is 1. The summed E-state index contributed by atoms with van der Waals surface area (Å²) in [5.74, 6) is 0. The van der Waals surface area contributed by atoms with E-state index in [9.17, 15) is 0 Å². The zero-order valence-corrected chi connectivity index (χ0v) is 14.1. The van der Waals surface area contributed by atoms with Crippen molar-refractivity contribution in [3.63, 3.8) is 0 Å². The minimum Gasteiger partial charge on any atom is -0.385 e. The Labute approximate surface area is 126 Å². The molecule has 0 aliphatic carbocycles. The molecule has 0 rings (SSSR count). The third-order valence-electron chi connectivity index (χ3n) is 3.60. The second kappa shape index (κ2) is 15.2. The van der Waals surface area contributed by atoms with Crippen LogP contribution in [-0.2, 0) is 9.47 Å². The van der Waals surface area contributed by atoms with E-state index in [0.29, 0.717) is 6.04 Å². The predicted molar refractivity (Wildman–Crippen MR) is 86.4 cm³/mol. The standard InChI is InChI=1S/C16H36N2O2/c1-5-6-7-9-16(2)17-10-12-18(13-15-20-4)11-8-14-19-3/h16-17H,5-15H2,1-4H3. The highest BCUT2D eigenvalue weighted by Crippen LogP contribution is 2.02. The molecule has 0 aromatic heterocycles. The average molecular weight is 288 g/mol. The minimum atomic E-state index is 0.629. The summed E-state index contributed by atoms with van der Waals surface area (Å²) in [6.45, 7) is 10.4. The van der Waals surface area contributed by atoms with Crippen LogP contribution in [0.4, 0.5) is 0 Å². The highest BCUT2D eigenvalue weighted by molar-refractivity contribution is 4.64. The fourth-order valence-electron chi connectivity index (χ4n) is 2.26. The monoisotopic (exact) mass is 288 g/mol. The number of hydrogen-bond donors (Lipinski definition) is 1. The molecule has 20 heavy (non-hydrogen) atoms. The van der Waals surface area contributed by atoms with Crippen LogP contribution in [0, 0.1) is 0 Å².